The zero-order chi connectivity index (χ0) is 21.5. The topological polar surface area (TPSA) is 80.1 Å². The highest BCUT2D eigenvalue weighted by Gasteiger charge is 2.38. The zero-order valence-corrected chi connectivity index (χ0v) is 16.7. The number of likely N-dealkylation sites (tertiary alicyclic amines) is 1. The highest BCUT2D eigenvalue weighted by atomic mass is 35.5. The molecule has 2 N–H and O–H groups in total. The SMILES string of the molecule is CNc1nc(Nc2cnn([C@@H]3CCN(C4COC4)C[C@@H]3F)c2Cl)ncc1C(F)(F)F. The molecule has 0 amide bonds. The van der Waals surface area contributed by atoms with Gasteiger partial charge in [-0.05, 0) is 6.42 Å². The van der Waals surface area contributed by atoms with Gasteiger partial charge in [0, 0.05) is 26.3 Å². The molecule has 13 heteroatoms. The van der Waals surface area contributed by atoms with Gasteiger partial charge in [-0.15, -0.1) is 0 Å². The van der Waals surface area contributed by atoms with Gasteiger partial charge in [0.15, 0.2) is 5.15 Å². The van der Waals surface area contributed by atoms with Crippen molar-refractivity contribution in [3.05, 3.63) is 23.1 Å². The van der Waals surface area contributed by atoms with Crippen LogP contribution in [0.5, 0.6) is 0 Å². The molecular formula is C17H20ClF4N7O. The van der Waals surface area contributed by atoms with Crippen molar-refractivity contribution in [1.29, 1.82) is 0 Å². The van der Waals surface area contributed by atoms with Gasteiger partial charge in [-0.1, -0.05) is 11.6 Å². The summed E-state index contributed by atoms with van der Waals surface area (Å²) in [5, 5.41) is 9.47. The van der Waals surface area contributed by atoms with Gasteiger partial charge in [0.25, 0.3) is 0 Å². The smallest absolute Gasteiger partial charge is 0.378 e. The van der Waals surface area contributed by atoms with Gasteiger partial charge in [-0.25, -0.2) is 14.1 Å². The fraction of sp³-hybridized carbons (Fsp3) is 0.588. The Hall–Kier alpha value is -2.18. The molecule has 2 atom stereocenters. The summed E-state index contributed by atoms with van der Waals surface area (Å²) < 4.78 is 60.3. The molecule has 2 aromatic rings. The lowest BCUT2D eigenvalue weighted by molar-refractivity contribution is -0.137. The van der Waals surface area contributed by atoms with E-state index in [1.165, 1.54) is 17.9 Å². The third-order valence-electron chi connectivity index (χ3n) is 5.30. The van der Waals surface area contributed by atoms with E-state index in [0.717, 1.165) is 0 Å². The summed E-state index contributed by atoms with van der Waals surface area (Å²) in [5.41, 5.74) is -0.707. The van der Waals surface area contributed by atoms with E-state index in [0.29, 0.717) is 32.4 Å². The molecule has 0 radical (unpaired) electrons. The second-order valence-corrected chi connectivity index (χ2v) is 7.54. The number of anilines is 3. The number of hydrogen-bond acceptors (Lipinski definition) is 7. The lowest BCUT2D eigenvalue weighted by Gasteiger charge is -2.42. The number of aromatic nitrogens is 4. The molecule has 164 valence electrons. The highest BCUT2D eigenvalue weighted by Crippen LogP contribution is 2.36. The maximum Gasteiger partial charge on any atom is 0.421 e. The molecule has 0 saturated carbocycles. The maximum atomic E-state index is 14.8. The molecule has 2 aromatic heterocycles. The van der Waals surface area contributed by atoms with E-state index in [4.69, 9.17) is 16.3 Å². The lowest BCUT2D eigenvalue weighted by Crippen LogP contribution is -2.55. The number of hydrogen-bond donors (Lipinski definition) is 2. The Kier molecular flexibility index (Phi) is 5.73. The standard InChI is InChI=1S/C17H20ClF4N7O/c1-23-15-10(17(20,21)22)4-24-16(27-15)26-12-5-25-29(14(12)18)13-2-3-28(6-11(13)19)9-7-30-8-9/h4-5,9,11,13H,2-3,6-8H2,1H3,(H2,23,24,26,27)/t11-,13+/m0/s1. The average molecular weight is 450 g/mol. The van der Waals surface area contributed by atoms with Crippen molar-refractivity contribution < 1.29 is 22.3 Å². The number of halogens is 5. The monoisotopic (exact) mass is 449 g/mol. The Labute approximate surface area is 174 Å². The number of alkyl halides is 4. The Morgan fingerprint density at radius 2 is 2.03 bits per heavy atom. The summed E-state index contributed by atoms with van der Waals surface area (Å²) in [5.74, 6) is -0.468. The third-order valence-corrected chi connectivity index (χ3v) is 5.68. The zero-order valence-electron chi connectivity index (χ0n) is 16.0. The molecule has 2 fully saturated rings. The second-order valence-electron chi connectivity index (χ2n) is 7.18. The first-order valence-corrected chi connectivity index (χ1v) is 9.73. The summed E-state index contributed by atoms with van der Waals surface area (Å²) in [4.78, 5) is 9.60. The van der Waals surface area contributed by atoms with Crippen LogP contribution in [0.4, 0.5) is 35.0 Å². The number of nitrogens with zero attached hydrogens (tertiary/aromatic N) is 5. The van der Waals surface area contributed by atoms with Crippen molar-refractivity contribution in [3.63, 3.8) is 0 Å². The minimum absolute atomic E-state index is 0.0922. The fourth-order valence-corrected chi connectivity index (χ4v) is 3.85. The first kappa shape index (κ1) is 21.1. The molecular weight excluding hydrogens is 430 g/mol. The Bertz CT molecular complexity index is 905. The number of ether oxygens (including phenoxy) is 1. The van der Waals surface area contributed by atoms with Crippen LogP contribution in [-0.4, -0.2) is 70.2 Å². The van der Waals surface area contributed by atoms with Gasteiger partial charge in [0.1, 0.15) is 17.6 Å². The van der Waals surface area contributed by atoms with Crippen LogP contribution in [0.3, 0.4) is 0 Å². The van der Waals surface area contributed by atoms with E-state index < -0.39 is 24.0 Å². The van der Waals surface area contributed by atoms with Gasteiger partial charge in [-0.3, -0.25) is 4.90 Å². The number of piperidine rings is 1. The summed E-state index contributed by atoms with van der Waals surface area (Å²) in [6.45, 7) is 2.21. The van der Waals surface area contributed by atoms with Gasteiger partial charge in [-0.2, -0.15) is 23.3 Å². The van der Waals surface area contributed by atoms with Crippen LogP contribution in [0.15, 0.2) is 12.4 Å². The van der Waals surface area contributed by atoms with Gasteiger partial charge >= 0.3 is 6.18 Å². The molecule has 2 aliphatic heterocycles. The van der Waals surface area contributed by atoms with E-state index in [9.17, 15) is 17.6 Å². The second kappa shape index (κ2) is 8.16. The Morgan fingerprint density at radius 1 is 1.27 bits per heavy atom. The predicted octanol–water partition coefficient (Wildman–Crippen LogP) is 3.11. The average Bonchev–Trinajstić information content (AvgIpc) is 3.00. The Balaban J connectivity index is 1.48. The molecule has 0 unspecified atom stereocenters. The largest absolute Gasteiger partial charge is 0.421 e. The summed E-state index contributed by atoms with van der Waals surface area (Å²) in [7, 11) is 1.33. The van der Waals surface area contributed by atoms with Crippen LogP contribution >= 0.6 is 11.6 Å². The van der Waals surface area contributed by atoms with Crippen LogP contribution in [0, 0.1) is 0 Å². The van der Waals surface area contributed by atoms with E-state index in [1.54, 1.807) is 0 Å². The normalized spacial score (nSPS) is 23.3. The van der Waals surface area contributed by atoms with Crippen LogP contribution in [0.25, 0.3) is 0 Å². The molecule has 0 aliphatic carbocycles. The maximum absolute atomic E-state index is 14.8. The first-order chi connectivity index (χ1) is 14.3. The molecule has 30 heavy (non-hydrogen) atoms. The van der Waals surface area contributed by atoms with E-state index in [2.05, 4.69) is 30.6 Å². The molecule has 0 aromatic carbocycles. The number of rotatable bonds is 5. The van der Waals surface area contributed by atoms with Gasteiger partial charge in [0.2, 0.25) is 5.95 Å². The van der Waals surface area contributed by atoms with Crippen molar-refractivity contribution in [1.82, 2.24) is 24.6 Å². The summed E-state index contributed by atoms with van der Waals surface area (Å²) in [6.07, 6.45) is -3.17. The minimum atomic E-state index is -4.59. The van der Waals surface area contributed by atoms with Crippen molar-refractivity contribution >= 4 is 29.1 Å². The molecule has 4 heterocycles. The lowest BCUT2D eigenvalue weighted by atomic mass is 10.0. The predicted molar refractivity (Wildman–Crippen MR) is 102 cm³/mol. The van der Waals surface area contributed by atoms with E-state index in [-0.39, 0.29) is 35.2 Å². The van der Waals surface area contributed by atoms with Crippen molar-refractivity contribution in [2.45, 2.75) is 30.9 Å². The molecule has 2 saturated heterocycles. The highest BCUT2D eigenvalue weighted by molar-refractivity contribution is 6.32. The van der Waals surface area contributed by atoms with Crippen molar-refractivity contribution in [2.75, 3.05) is 44.0 Å². The Morgan fingerprint density at radius 3 is 2.63 bits per heavy atom. The van der Waals surface area contributed by atoms with E-state index in [1.807, 2.05) is 0 Å². The van der Waals surface area contributed by atoms with Crippen molar-refractivity contribution in [3.8, 4) is 0 Å². The van der Waals surface area contributed by atoms with Crippen molar-refractivity contribution in [2.24, 2.45) is 0 Å². The summed E-state index contributed by atoms with van der Waals surface area (Å²) in [6, 6.07) is -0.278. The first-order valence-electron chi connectivity index (χ1n) is 9.35. The fourth-order valence-electron chi connectivity index (χ4n) is 3.58. The quantitative estimate of drug-likeness (QED) is 0.679. The third kappa shape index (κ3) is 4.03. The van der Waals surface area contributed by atoms with E-state index >= 15 is 0 Å². The summed E-state index contributed by atoms with van der Waals surface area (Å²) >= 11 is 6.37. The van der Waals surface area contributed by atoms with Gasteiger partial charge in [0.05, 0.1) is 37.2 Å². The molecule has 2 aliphatic rings. The van der Waals surface area contributed by atoms with Crippen LogP contribution in [-0.2, 0) is 10.9 Å². The molecule has 0 bridgehead atoms. The van der Waals surface area contributed by atoms with Crippen LogP contribution < -0.4 is 10.6 Å². The van der Waals surface area contributed by atoms with Crippen LogP contribution in [0.2, 0.25) is 5.15 Å². The molecule has 8 nitrogen and oxygen atoms in total. The van der Waals surface area contributed by atoms with Gasteiger partial charge < -0.3 is 15.4 Å². The van der Waals surface area contributed by atoms with Crippen LogP contribution in [0.1, 0.15) is 18.0 Å². The number of nitrogens with one attached hydrogen (secondary N) is 2. The molecule has 0 spiro atoms. The molecule has 4 rings (SSSR count). The minimum Gasteiger partial charge on any atom is -0.378 e.